The molecule has 0 bridgehead atoms. The van der Waals surface area contributed by atoms with Gasteiger partial charge in [0.2, 0.25) is 5.91 Å². The summed E-state index contributed by atoms with van der Waals surface area (Å²) in [7, 11) is 0. The molecule has 1 aliphatic rings. The van der Waals surface area contributed by atoms with Gasteiger partial charge in [-0.1, -0.05) is 47.8 Å². The van der Waals surface area contributed by atoms with Crippen LogP contribution in [0.2, 0.25) is 10.0 Å². The molecule has 0 unspecified atom stereocenters. The van der Waals surface area contributed by atoms with Crippen molar-refractivity contribution in [2.24, 2.45) is 0 Å². The summed E-state index contributed by atoms with van der Waals surface area (Å²) in [5.74, 6) is -0.161. The number of carbonyl (C=O) groups excluding carboxylic acids is 3. The number of Topliss-reactive ketones (excluding diaryl/α,β-unsaturated/α-hetero) is 1. The van der Waals surface area contributed by atoms with E-state index in [-0.39, 0.29) is 17.7 Å². The van der Waals surface area contributed by atoms with Crippen LogP contribution in [-0.2, 0) is 4.79 Å². The number of ketones is 1. The van der Waals surface area contributed by atoms with E-state index in [1.165, 1.54) is 13.0 Å². The highest BCUT2D eigenvalue weighted by Gasteiger charge is 2.19. The standard InChI is InChI=1S/C28H34Cl2N4O3/c1-21(35)23-7-5-8-24(20-23)32-28(37)34-16-6-15-33(17-18-34)14-4-2-3-13-31-27(36)12-10-22-9-11-25(29)26(30)19-22/h5,7-12,19-20H,2-4,6,13-18H2,1H3,(H,31,36)(H,32,37)/b12-10+. The number of unbranched alkanes of at least 4 members (excludes halogenated alkanes) is 2. The third kappa shape index (κ3) is 9.84. The van der Waals surface area contributed by atoms with E-state index in [2.05, 4.69) is 15.5 Å². The Bertz CT molecular complexity index is 1120. The fourth-order valence-corrected chi connectivity index (χ4v) is 4.42. The Morgan fingerprint density at radius 3 is 2.57 bits per heavy atom. The highest BCUT2D eigenvalue weighted by atomic mass is 35.5. The lowest BCUT2D eigenvalue weighted by molar-refractivity contribution is -0.116. The maximum atomic E-state index is 12.7. The summed E-state index contributed by atoms with van der Waals surface area (Å²) in [6.45, 7) is 6.27. The zero-order valence-corrected chi connectivity index (χ0v) is 22.7. The minimum atomic E-state index is -0.134. The van der Waals surface area contributed by atoms with Crippen LogP contribution in [0.15, 0.2) is 48.5 Å². The number of anilines is 1. The van der Waals surface area contributed by atoms with Crippen LogP contribution >= 0.6 is 23.2 Å². The number of carbonyl (C=O) groups is 3. The van der Waals surface area contributed by atoms with E-state index in [0.29, 0.717) is 40.9 Å². The molecule has 1 aliphatic heterocycles. The van der Waals surface area contributed by atoms with E-state index in [9.17, 15) is 14.4 Å². The molecule has 0 atom stereocenters. The van der Waals surface area contributed by atoms with Crippen LogP contribution in [-0.4, -0.2) is 66.8 Å². The minimum absolute atomic E-state index is 0.0272. The molecule has 3 rings (SSSR count). The zero-order chi connectivity index (χ0) is 26.6. The molecule has 1 fully saturated rings. The predicted octanol–water partition coefficient (Wildman–Crippen LogP) is 5.74. The second-order valence-electron chi connectivity index (χ2n) is 9.11. The number of amides is 3. The first-order valence-electron chi connectivity index (χ1n) is 12.6. The average molecular weight is 546 g/mol. The van der Waals surface area contributed by atoms with Crippen LogP contribution in [0.4, 0.5) is 10.5 Å². The fourth-order valence-electron chi connectivity index (χ4n) is 4.11. The number of halogens is 2. The van der Waals surface area contributed by atoms with E-state index in [1.807, 2.05) is 4.90 Å². The molecule has 1 heterocycles. The molecule has 0 aromatic heterocycles. The summed E-state index contributed by atoms with van der Waals surface area (Å²) >= 11 is 11.9. The quantitative estimate of drug-likeness (QED) is 0.227. The Balaban J connectivity index is 1.29. The van der Waals surface area contributed by atoms with Gasteiger partial charge < -0.3 is 20.4 Å². The Morgan fingerprint density at radius 1 is 0.946 bits per heavy atom. The summed E-state index contributed by atoms with van der Waals surface area (Å²) in [6, 6.07) is 12.1. The number of nitrogens with zero attached hydrogens (tertiary/aromatic N) is 2. The molecule has 0 saturated carbocycles. The first-order valence-corrected chi connectivity index (χ1v) is 13.4. The Hall–Kier alpha value is -2.87. The van der Waals surface area contributed by atoms with E-state index in [1.54, 1.807) is 48.5 Å². The Kier molecular flexibility index (Phi) is 11.5. The molecule has 2 aromatic rings. The van der Waals surface area contributed by atoms with Gasteiger partial charge in [-0.2, -0.15) is 0 Å². The highest BCUT2D eigenvalue weighted by molar-refractivity contribution is 6.42. The maximum Gasteiger partial charge on any atom is 0.321 e. The lowest BCUT2D eigenvalue weighted by Gasteiger charge is -2.22. The summed E-state index contributed by atoms with van der Waals surface area (Å²) < 4.78 is 0. The second kappa shape index (κ2) is 14.8. The molecular weight excluding hydrogens is 511 g/mol. The van der Waals surface area contributed by atoms with Crippen LogP contribution in [0, 0.1) is 0 Å². The first kappa shape index (κ1) is 28.7. The van der Waals surface area contributed by atoms with Crippen molar-refractivity contribution in [3.63, 3.8) is 0 Å². The SMILES string of the molecule is CC(=O)c1cccc(NC(=O)N2CCCN(CCCCCNC(=O)/C=C/c3ccc(Cl)c(Cl)c3)CC2)c1. The Labute approximate surface area is 228 Å². The van der Waals surface area contributed by atoms with Gasteiger partial charge in [0, 0.05) is 43.5 Å². The van der Waals surface area contributed by atoms with Gasteiger partial charge in [0.25, 0.3) is 0 Å². The second-order valence-corrected chi connectivity index (χ2v) is 9.92. The van der Waals surface area contributed by atoms with Gasteiger partial charge >= 0.3 is 6.03 Å². The molecule has 2 N–H and O–H groups in total. The highest BCUT2D eigenvalue weighted by Crippen LogP contribution is 2.23. The summed E-state index contributed by atoms with van der Waals surface area (Å²) in [5.41, 5.74) is 2.04. The summed E-state index contributed by atoms with van der Waals surface area (Å²) in [6.07, 6.45) is 7.10. The number of benzene rings is 2. The van der Waals surface area contributed by atoms with E-state index in [0.717, 1.165) is 50.9 Å². The molecule has 0 radical (unpaired) electrons. The van der Waals surface area contributed by atoms with Crippen molar-refractivity contribution < 1.29 is 14.4 Å². The van der Waals surface area contributed by atoms with Gasteiger partial charge in [-0.15, -0.1) is 0 Å². The molecule has 1 saturated heterocycles. The van der Waals surface area contributed by atoms with Crippen molar-refractivity contribution in [2.45, 2.75) is 32.6 Å². The molecule has 198 valence electrons. The molecule has 3 amide bonds. The van der Waals surface area contributed by atoms with Crippen molar-refractivity contribution in [3.05, 3.63) is 69.7 Å². The largest absolute Gasteiger partial charge is 0.353 e. The minimum Gasteiger partial charge on any atom is -0.353 e. The average Bonchev–Trinajstić information content (AvgIpc) is 3.13. The van der Waals surface area contributed by atoms with Gasteiger partial charge in [-0.05, 0) is 75.2 Å². The van der Waals surface area contributed by atoms with Gasteiger partial charge in [0.05, 0.1) is 10.0 Å². The normalized spacial score (nSPS) is 14.4. The van der Waals surface area contributed by atoms with Crippen molar-refractivity contribution in [1.82, 2.24) is 15.1 Å². The molecule has 2 aromatic carbocycles. The molecule has 9 heteroatoms. The predicted molar refractivity (Wildman–Crippen MR) is 150 cm³/mol. The smallest absolute Gasteiger partial charge is 0.321 e. The molecule has 7 nitrogen and oxygen atoms in total. The molecular formula is C28H34Cl2N4O3. The third-order valence-corrected chi connectivity index (χ3v) is 6.96. The number of hydrogen-bond donors (Lipinski definition) is 2. The van der Waals surface area contributed by atoms with Gasteiger partial charge in [0.15, 0.2) is 5.78 Å². The fraction of sp³-hybridized carbons (Fsp3) is 0.393. The van der Waals surface area contributed by atoms with E-state index in [4.69, 9.17) is 23.2 Å². The first-order chi connectivity index (χ1) is 17.8. The number of rotatable bonds is 10. The number of urea groups is 1. The summed E-state index contributed by atoms with van der Waals surface area (Å²) in [4.78, 5) is 40.5. The lowest BCUT2D eigenvalue weighted by atomic mass is 10.1. The molecule has 37 heavy (non-hydrogen) atoms. The third-order valence-electron chi connectivity index (χ3n) is 6.22. The number of nitrogens with one attached hydrogen (secondary N) is 2. The van der Waals surface area contributed by atoms with Gasteiger partial charge in [0.1, 0.15) is 0 Å². The Morgan fingerprint density at radius 2 is 1.78 bits per heavy atom. The monoisotopic (exact) mass is 544 g/mol. The van der Waals surface area contributed by atoms with Gasteiger partial charge in [-0.3, -0.25) is 9.59 Å². The number of hydrogen-bond acceptors (Lipinski definition) is 4. The lowest BCUT2D eigenvalue weighted by Crippen LogP contribution is -2.38. The van der Waals surface area contributed by atoms with Crippen LogP contribution in [0.5, 0.6) is 0 Å². The van der Waals surface area contributed by atoms with Crippen molar-refractivity contribution in [2.75, 3.05) is 44.6 Å². The van der Waals surface area contributed by atoms with Crippen LogP contribution in [0.1, 0.15) is 48.5 Å². The maximum absolute atomic E-state index is 12.7. The zero-order valence-electron chi connectivity index (χ0n) is 21.1. The topological polar surface area (TPSA) is 81.8 Å². The van der Waals surface area contributed by atoms with Crippen LogP contribution in [0.3, 0.4) is 0 Å². The van der Waals surface area contributed by atoms with E-state index >= 15 is 0 Å². The van der Waals surface area contributed by atoms with Crippen molar-refractivity contribution in [1.29, 1.82) is 0 Å². The molecule has 0 aliphatic carbocycles. The van der Waals surface area contributed by atoms with Gasteiger partial charge in [-0.25, -0.2) is 4.79 Å². The van der Waals surface area contributed by atoms with E-state index < -0.39 is 0 Å². The van der Waals surface area contributed by atoms with Crippen LogP contribution < -0.4 is 10.6 Å². The van der Waals surface area contributed by atoms with Crippen LogP contribution in [0.25, 0.3) is 6.08 Å². The van der Waals surface area contributed by atoms with Crippen molar-refractivity contribution >= 4 is 52.7 Å². The summed E-state index contributed by atoms with van der Waals surface area (Å²) in [5, 5.41) is 6.77. The van der Waals surface area contributed by atoms with Crippen molar-refractivity contribution in [3.8, 4) is 0 Å². The molecule has 0 spiro atoms.